The van der Waals surface area contributed by atoms with Crippen molar-refractivity contribution in [3.8, 4) is 0 Å². The lowest BCUT2D eigenvalue weighted by Gasteiger charge is -1.98. The van der Waals surface area contributed by atoms with Gasteiger partial charge in [-0.15, -0.1) is 0 Å². The first-order valence-electron chi connectivity index (χ1n) is 6.29. The molecule has 0 saturated carbocycles. The summed E-state index contributed by atoms with van der Waals surface area (Å²) in [6.45, 7) is 2.20. The quantitative estimate of drug-likeness (QED) is 0.675. The topological polar surface area (TPSA) is 43.6 Å². The Hall–Kier alpha value is -2.36. The van der Waals surface area contributed by atoms with E-state index >= 15 is 0 Å². The summed E-state index contributed by atoms with van der Waals surface area (Å²) in [6.07, 6.45) is 4.04. The Morgan fingerprint density at radius 2 is 2.16 bits per heavy atom. The highest BCUT2D eigenvalue weighted by Gasteiger charge is 2.09. The maximum Gasteiger partial charge on any atom is 0.311 e. The Balaban J connectivity index is 2.05. The zero-order valence-electron chi connectivity index (χ0n) is 10.7. The molecule has 2 aromatic heterocycles. The summed E-state index contributed by atoms with van der Waals surface area (Å²) in [4.78, 5) is 16.0. The third kappa shape index (κ3) is 2.17. The number of esters is 1. The molecule has 0 aliphatic heterocycles. The number of ether oxygens (including phenoxy) is 1. The summed E-state index contributed by atoms with van der Waals surface area (Å²) in [5.74, 6) is -0.241. The van der Waals surface area contributed by atoms with Gasteiger partial charge >= 0.3 is 5.97 Å². The van der Waals surface area contributed by atoms with E-state index in [0.717, 1.165) is 22.1 Å². The number of carbonyl (C=O) groups excluding carboxylic acids is 1. The van der Waals surface area contributed by atoms with Gasteiger partial charge < -0.3 is 9.14 Å². The van der Waals surface area contributed by atoms with Crippen LogP contribution in [0.2, 0.25) is 0 Å². The number of nitrogens with zero attached hydrogens (tertiary/aromatic N) is 2. The highest BCUT2D eigenvalue weighted by atomic mass is 16.5. The van der Waals surface area contributed by atoms with E-state index in [1.54, 1.807) is 6.92 Å². The second-order valence-corrected chi connectivity index (χ2v) is 4.35. The van der Waals surface area contributed by atoms with Crippen molar-refractivity contribution < 1.29 is 9.53 Å². The van der Waals surface area contributed by atoms with Crippen molar-refractivity contribution in [2.24, 2.45) is 0 Å². The Labute approximate surface area is 110 Å². The van der Waals surface area contributed by atoms with E-state index in [0.29, 0.717) is 6.61 Å². The molecule has 0 aliphatic carbocycles. The van der Waals surface area contributed by atoms with Crippen LogP contribution in [-0.2, 0) is 16.0 Å². The Bertz CT molecular complexity index is 746. The highest BCUT2D eigenvalue weighted by molar-refractivity contribution is 5.94. The molecule has 0 saturated heterocycles. The molecule has 19 heavy (non-hydrogen) atoms. The van der Waals surface area contributed by atoms with Crippen molar-refractivity contribution >= 4 is 22.4 Å². The smallest absolute Gasteiger partial charge is 0.311 e. The summed E-state index contributed by atoms with van der Waals surface area (Å²) in [5.41, 5.74) is 1.60. The van der Waals surface area contributed by atoms with Crippen LogP contribution < -0.4 is 0 Å². The Morgan fingerprint density at radius 3 is 3.00 bits per heavy atom. The van der Waals surface area contributed by atoms with E-state index in [1.807, 2.05) is 41.1 Å². The van der Waals surface area contributed by atoms with Gasteiger partial charge in [-0.2, -0.15) is 0 Å². The molecular formula is C15H14N2O2. The summed E-state index contributed by atoms with van der Waals surface area (Å²) < 4.78 is 6.88. The Morgan fingerprint density at radius 1 is 1.32 bits per heavy atom. The first-order valence-corrected chi connectivity index (χ1v) is 6.29. The van der Waals surface area contributed by atoms with E-state index in [4.69, 9.17) is 4.74 Å². The van der Waals surface area contributed by atoms with Crippen LogP contribution >= 0.6 is 0 Å². The molecule has 2 heterocycles. The molecule has 0 N–H and O–H groups in total. The van der Waals surface area contributed by atoms with Crippen LogP contribution in [0.25, 0.3) is 16.4 Å². The third-order valence-corrected chi connectivity index (χ3v) is 3.03. The number of fused-ring (bicyclic) bond motifs is 3. The van der Waals surface area contributed by atoms with E-state index in [1.165, 1.54) is 0 Å². The number of pyridine rings is 1. The lowest BCUT2D eigenvalue weighted by atomic mass is 10.2. The van der Waals surface area contributed by atoms with Gasteiger partial charge in [0.1, 0.15) is 5.65 Å². The second kappa shape index (κ2) is 4.72. The molecule has 0 aliphatic rings. The molecule has 0 bridgehead atoms. The molecule has 0 amide bonds. The average Bonchev–Trinajstić information content (AvgIpc) is 2.81. The number of aromatic nitrogens is 2. The number of hydrogen-bond acceptors (Lipinski definition) is 3. The normalized spacial score (nSPS) is 11.0. The minimum Gasteiger partial charge on any atom is -0.466 e. The fourth-order valence-corrected chi connectivity index (χ4v) is 2.21. The van der Waals surface area contributed by atoms with Crippen LogP contribution in [0.15, 0.2) is 42.7 Å². The first-order chi connectivity index (χ1) is 9.28. The van der Waals surface area contributed by atoms with E-state index in [-0.39, 0.29) is 12.4 Å². The summed E-state index contributed by atoms with van der Waals surface area (Å²) in [5, 5.41) is 2.23. The first kappa shape index (κ1) is 11.7. The number of rotatable bonds is 3. The van der Waals surface area contributed by atoms with Crippen molar-refractivity contribution in [1.82, 2.24) is 9.38 Å². The van der Waals surface area contributed by atoms with Crippen molar-refractivity contribution in [2.45, 2.75) is 13.3 Å². The molecular weight excluding hydrogens is 240 g/mol. The minimum atomic E-state index is -0.241. The van der Waals surface area contributed by atoms with Crippen LogP contribution in [0, 0.1) is 0 Å². The van der Waals surface area contributed by atoms with Crippen LogP contribution in [0.5, 0.6) is 0 Å². The molecule has 0 atom stereocenters. The fourth-order valence-electron chi connectivity index (χ4n) is 2.21. The van der Waals surface area contributed by atoms with E-state index < -0.39 is 0 Å². The van der Waals surface area contributed by atoms with Crippen molar-refractivity contribution in [3.63, 3.8) is 0 Å². The van der Waals surface area contributed by atoms with Gasteiger partial charge in [-0.05, 0) is 18.4 Å². The van der Waals surface area contributed by atoms with E-state index in [9.17, 15) is 4.79 Å². The zero-order chi connectivity index (χ0) is 13.2. The Kier molecular flexibility index (Phi) is 2.91. The van der Waals surface area contributed by atoms with Gasteiger partial charge in [0.15, 0.2) is 0 Å². The molecule has 3 aromatic rings. The maximum atomic E-state index is 11.5. The molecule has 1 aromatic carbocycles. The molecule has 3 rings (SSSR count). The lowest BCUT2D eigenvalue weighted by Crippen LogP contribution is -2.07. The summed E-state index contributed by atoms with van der Waals surface area (Å²) in [6, 6.07) is 10.1. The zero-order valence-corrected chi connectivity index (χ0v) is 10.7. The van der Waals surface area contributed by atoms with Crippen LogP contribution in [0.4, 0.5) is 0 Å². The highest BCUT2D eigenvalue weighted by Crippen LogP contribution is 2.19. The van der Waals surface area contributed by atoms with Crippen LogP contribution in [-0.4, -0.2) is 22.0 Å². The van der Waals surface area contributed by atoms with Crippen LogP contribution in [0.3, 0.4) is 0 Å². The van der Waals surface area contributed by atoms with Gasteiger partial charge in [0.2, 0.25) is 0 Å². The number of benzene rings is 1. The lowest BCUT2D eigenvalue weighted by molar-refractivity contribution is -0.142. The molecule has 0 spiro atoms. The standard InChI is InChI=1S/C15H14N2O2/c1-2-19-14(18)9-12-10-17-8-7-11-5-3-4-6-13(11)15(17)16-12/h3-8,10H,2,9H2,1H3. The summed E-state index contributed by atoms with van der Waals surface area (Å²) in [7, 11) is 0. The SMILES string of the molecule is CCOC(=O)Cc1cn2ccc3ccccc3c2n1. The number of imidazole rings is 1. The third-order valence-electron chi connectivity index (χ3n) is 3.03. The molecule has 4 nitrogen and oxygen atoms in total. The predicted octanol–water partition coefficient (Wildman–Crippen LogP) is 2.59. The minimum absolute atomic E-state index is 0.212. The van der Waals surface area contributed by atoms with Gasteiger partial charge in [-0.25, -0.2) is 4.98 Å². The summed E-state index contributed by atoms with van der Waals surface area (Å²) >= 11 is 0. The average molecular weight is 254 g/mol. The molecule has 0 unspecified atom stereocenters. The van der Waals surface area contributed by atoms with Gasteiger partial charge in [-0.3, -0.25) is 4.79 Å². The monoisotopic (exact) mass is 254 g/mol. The van der Waals surface area contributed by atoms with Gasteiger partial charge in [0.25, 0.3) is 0 Å². The molecule has 0 radical (unpaired) electrons. The van der Waals surface area contributed by atoms with Gasteiger partial charge in [-0.1, -0.05) is 24.3 Å². The van der Waals surface area contributed by atoms with Crippen molar-refractivity contribution in [1.29, 1.82) is 0 Å². The molecule has 4 heteroatoms. The maximum absolute atomic E-state index is 11.5. The van der Waals surface area contributed by atoms with Crippen LogP contribution in [0.1, 0.15) is 12.6 Å². The molecule has 0 fully saturated rings. The van der Waals surface area contributed by atoms with E-state index in [2.05, 4.69) is 11.1 Å². The van der Waals surface area contributed by atoms with Gasteiger partial charge in [0, 0.05) is 17.8 Å². The largest absolute Gasteiger partial charge is 0.466 e. The fraction of sp³-hybridized carbons (Fsp3) is 0.200. The van der Waals surface area contributed by atoms with Crippen molar-refractivity contribution in [2.75, 3.05) is 6.61 Å². The molecule has 96 valence electrons. The number of carbonyl (C=O) groups is 1. The predicted molar refractivity (Wildman–Crippen MR) is 73.0 cm³/mol. The van der Waals surface area contributed by atoms with Gasteiger partial charge in [0.05, 0.1) is 18.7 Å². The second-order valence-electron chi connectivity index (χ2n) is 4.35. The van der Waals surface area contributed by atoms with Crippen molar-refractivity contribution in [3.05, 3.63) is 48.4 Å². The number of hydrogen-bond donors (Lipinski definition) is 0.